The number of nitrogens with zero attached hydrogens (tertiary/aromatic N) is 3. The van der Waals surface area contributed by atoms with Crippen LogP contribution in [-0.4, -0.2) is 59.3 Å². The number of amides is 2. The van der Waals surface area contributed by atoms with Gasteiger partial charge in [-0.05, 0) is 36.4 Å². The Kier molecular flexibility index (Phi) is 6.13. The second-order valence-electron chi connectivity index (χ2n) is 6.47. The standard InChI is InChI=1S/C20H23FN4O2/c1-2-24-9-11-25(12-10-24)20(27)18-13-16(7-8-22-18)19(26)23-14-15-3-5-17(21)6-4-15/h3-8,13H,2,9-12,14H2,1H3,(H,23,26). The van der Waals surface area contributed by atoms with E-state index < -0.39 is 0 Å². The van der Waals surface area contributed by atoms with Gasteiger partial charge in [-0.25, -0.2) is 4.39 Å². The van der Waals surface area contributed by atoms with Crippen molar-refractivity contribution in [3.8, 4) is 0 Å². The van der Waals surface area contributed by atoms with Gasteiger partial charge in [-0.1, -0.05) is 19.1 Å². The van der Waals surface area contributed by atoms with E-state index in [0.29, 0.717) is 18.7 Å². The van der Waals surface area contributed by atoms with Gasteiger partial charge in [0.15, 0.2) is 0 Å². The van der Waals surface area contributed by atoms with Crippen LogP contribution in [0.2, 0.25) is 0 Å². The van der Waals surface area contributed by atoms with E-state index in [2.05, 4.69) is 22.1 Å². The van der Waals surface area contributed by atoms with Crippen molar-refractivity contribution in [2.75, 3.05) is 32.7 Å². The summed E-state index contributed by atoms with van der Waals surface area (Å²) >= 11 is 0. The van der Waals surface area contributed by atoms with E-state index >= 15 is 0 Å². The van der Waals surface area contributed by atoms with Gasteiger partial charge >= 0.3 is 0 Å². The van der Waals surface area contributed by atoms with Gasteiger partial charge in [0, 0.05) is 44.5 Å². The minimum absolute atomic E-state index is 0.154. The highest BCUT2D eigenvalue weighted by Crippen LogP contribution is 2.10. The molecule has 2 heterocycles. The van der Waals surface area contributed by atoms with Crippen molar-refractivity contribution < 1.29 is 14.0 Å². The van der Waals surface area contributed by atoms with Crippen LogP contribution in [0.3, 0.4) is 0 Å². The Labute approximate surface area is 158 Å². The quantitative estimate of drug-likeness (QED) is 0.874. The molecule has 6 nitrogen and oxygen atoms in total. The fourth-order valence-electron chi connectivity index (χ4n) is 3.00. The Morgan fingerprint density at radius 1 is 1.11 bits per heavy atom. The van der Waals surface area contributed by atoms with E-state index in [0.717, 1.165) is 25.2 Å². The fourth-order valence-corrected chi connectivity index (χ4v) is 3.00. The van der Waals surface area contributed by atoms with Gasteiger partial charge in [-0.3, -0.25) is 14.6 Å². The molecule has 0 bridgehead atoms. The third-order valence-corrected chi connectivity index (χ3v) is 4.71. The zero-order valence-corrected chi connectivity index (χ0v) is 15.3. The number of hydrogen-bond acceptors (Lipinski definition) is 4. The van der Waals surface area contributed by atoms with Crippen LogP contribution in [0.15, 0.2) is 42.6 Å². The zero-order chi connectivity index (χ0) is 19.2. The van der Waals surface area contributed by atoms with Crippen molar-refractivity contribution in [3.05, 3.63) is 65.2 Å². The summed E-state index contributed by atoms with van der Waals surface area (Å²) < 4.78 is 12.9. The van der Waals surface area contributed by atoms with Gasteiger partial charge in [0.25, 0.3) is 11.8 Å². The summed E-state index contributed by atoms with van der Waals surface area (Å²) in [4.78, 5) is 33.2. The van der Waals surface area contributed by atoms with Crippen LogP contribution in [0, 0.1) is 5.82 Å². The van der Waals surface area contributed by atoms with Crippen LogP contribution >= 0.6 is 0 Å². The van der Waals surface area contributed by atoms with Gasteiger partial charge in [0.2, 0.25) is 0 Å². The van der Waals surface area contributed by atoms with Gasteiger partial charge in [0.05, 0.1) is 0 Å². The number of nitrogens with one attached hydrogen (secondary N) is 1. The summed E-state index contributed by atoms with van der Waals surface area (Å²) in [6, 6.07) is 9.03. The van der Waals surface area contributed by atoms with E-state index in [-0.39, 0.29) is 29.9 Å². The average molecular weight is 370 g/mol. The molecule has 0 spiro atoms. The van der Waals surface area contributed by atoms with E-state index in [4.69, 9.17) is 0 Å². The number of pyridine rings is 1. The SMILES string of the molecule is CCN1CCN(C(=O)c2cc(C(=O)NCc3ccc(F)cc3)ccn2)CC1. The van der Waals surface area contributed by atoms with Gasteiger partial charge in [-0.2, -0.15) is 0 Å². The predicted molar refractivity (Wildman–Crippen MR) is 99.8 cm³/mol. The number of likely N-dealkylation sites (N-methyl/N-ethyl adjacent to an activating group) is 1. The summed E-state index contributed by atoms with van der Waals surface area (Å²) in [5, 5.41) is 2.77. The van der Waals surface area contributed by atoms with E-state index in [1.807, 2.05) is 0 Å². The molecule has 142 valence electrons. The second kappa shape index (κ2) is 8.73. The second-order valence-corrected chi connectivity index (χ2v) is 6.47. The maximum atomic E-state index is 12.9. The van der Waals surface area contributed by atoms with Crippen molar-refractivity contribution in [1.82, 2.24) is 20.1 Å². The van der Waals surface area contributed by atoms with Crippen LogP contribution in [0.5, 0.6) is 0 Å². The fraction of sp³-hybridized carbons (Fsp3) is 0.350. The van der Waals surface area contributed by atoms with E-state index in [1.165, 1.54) is 24.4 Å². The Morgan fingerprint density at radius 3 is 2.48 bits per heavy atom. The molecule has 7 heteroatoms. The Morgan fingerprint density at radius 2 is 1.81 bits per heavy atom. The average Bonchev–Trinajstić information content (AvgIpc) is 2.72. The summed E-state index contributed by atoms with van der Waals surface area (Å²) in [5.41, 5.74) is 1.45. The third-order valence-electron chi connectivity index (χ3n) is 4.71. The van der Waals surface area contributed by atoms with Crippen molar-refractivity contribution in [3.63, 3.8) is 0 Å². The molecule has 0 saturated carbocycles. The molecule has 2 aromatic rings. The smallest absolute Gasteiger partial charge is 0.272 e. The molecule has 0 aliphatic carbocycles. The van der Waals surface area contributed by atoms with Gasteiger partial charge in [-0.15, -0.1) is 0 Å². The highest BCUT2D eigenvalue weighted by molar-refractivity contribution is 5.98. The molecule has 1 N–H and O–H groups in total. The van der Waals surface area contributed by atoms with Crippen LogP contribution in [0.4, 0.5) is 4.39 Å². The first-order valence-electron chi connectivity index (χ1n) is 9.07. The largest absolute Gasteiger partial charge is 0.348 e. The molecule has 1 aromatic heterocycles. The molecule has 1 aliphatic rings. The predicted octanol–water partition coefficient (Wildman–Crippen LogP) is 1.93. The highest BCUT2D eigenvalue weighted by Gasteiger charge is 2.22. The van der Waals surface area contributed by atoms with Crippen molar-refractivity contribution in [2.24, 2.45) is 0 Å². The third kappa shape index (κ3) is 4.89. The van der Waals surface area contributed by atoms with Crippen LogP contribution in [0.1, 0.15) is 33.3 Å². The van der Waals surface area contributed by atoms with Crippen LogP contribution in [-0.2, 0) is 6.54 Å². The van der Waals surface area contributed by atoms with Crippen LogP contribution < -0.4 is 5.32 Å². The number of carbonyl (C=O) groups excluding carboxylic acids is 2. The zero-order valence-electron chi connectivity index (χ0n) is 15.3. The number of hydrogen-bond donors (Lipinski definition) is 1. The number of rotatable bonds is 5. The topological polar surface area (TPSA) is 65.5 Å². The normalized spacial score (nSPS) is 14.8. The number of carbonyl (C=O) groups is 2. The molecule has 1 fully saturated rings. The minimum Gasteiger partial charge on any atom is -0.348 e. The highest BCUT2D eigenvalue weighted by atomic mass is 19.1. The molecule has 1 aromatic carbocycles. The first kappa shape index (κ1) is 19.0. The molecular formula is C20H23FN4O2. The molecular weight excluding hydrogens is 347 g/mol. The first-order valence-corrected chi connectivity index (χ1v) is 9.07. The summed E-state index contributed by atoms with van der Waals surface area (Å²) in [6.45, 7) is 6.38. The Bertz CT molecular complexity index is 802. The van der Waals surface area contributed by atoms with Crippen molar-refractivity contribution in [1.29, 1.82) is 0 Å². The molecule has 1 aliphatic heterocycles. The number of piperazine rings is 1. The number of aromatic nitrogens is 1. The number of halogens is 1. The molecule has 27 heavy (non-hydrogen) atoms. The Balaban J connectivity index is 1.61. The van der Waals surface area contributed by atoms with Crippen molar-refractivity contribution >= 4 is 11.8 Å². The molecule has 3 rings (SSSR count). The lowest BCUT2D eigenvalue weighted by Gasteiger charge is -2.33. The van der Waals surface area contributed by atoms with E-state index in [9.17, 15) is 14.0 Å². The summed E-state index contributed by atoms with van der Waals surface area (Å²) in [6.07, 6.45) is 1.47. The van der Waals surface area contributed by atoms with Gasteiger partial charge in [0.1, 0.15) is 11.5 Å². The van der Waals surface area contributed by atoms with E-state index in [1.54, 1.807) is 23.1 Å². The summed E-state index contributed by atoms with van der Waals surface area (Å²) in [7, 11) is 0. The monoisotopic (exact) mass is 370 g/mol. The maximum absolute atomic E-state index is 12.9. The first-order chi connectivity index (χ1) is 13.1. The molecule has 0 radical (unpaired) electrons. The maximum Gasteiger partial charge on any atom is 0.272 e. The molecule has 0 atom stereocenters. The van der Waals surface area contributed by atoms with Crippen LogP contribution in [0.25, 0.3) is 0 Å². The molecule has 0 unspecified atom stereocenters. The lowest BCUT2D eigenvalue weighted by molar-refractivity contribution is 0.0637. The lowest BCUT2D eigenvalue weighted by atomic mass is 10.1. The van der Waals surface area contributed by atoms with Gasteiger partial charge < -0.3 is 15.1 Å². The minimum atomic E-state index is -0.317. The molecule has 2 amide bonds. The number of benzene rings is 1. The Hall–Kier alpha value is -2.80. The molecule has 1 saturated heterocycles. The lowest BCUT2D eigenvalue weighted by Crippen LogP contribution is -2.48. The summed E-state index contributed by atoms with van der Waals surface area (Å²) in [5.74, 6) is -0.771. The van der Waals surface area contributed by atoms with Crippen molar-refractivity contribution in [2.45, 2.75) is 13.5 Å².